The van der Waals surface area contributed by atoms with Crippen molar-refractivity contribution < 1.29 is 13.2 Å². The molecule has 2 aromatic rings. The lowest BCUT2D eigenvalue weighted by molar-refractivity contribution is -0.137. The van der Waals surface area contributed by atoms with E-state index < -0.39 is 11.7 Å². The summed E-state index contributed by atoms with van der Waals surface area (Å²) in [5.41, 5.74) is 6.65. The van der Waals surface area contributed by atoms with E-state index in [1.54, 1.807) is 11.3 Å². The van der Waals surface area contributed by atoms with Gasteiger partial charge < -0.3 is 10.1 Å². The van der Waals surface area contributed by atoms with E-state index >= 15 is 0 Å². The van der Waals surface area contributed by atoms with Crippen LogP contribution in [0.1, 0.15) is 17.0 Å². The predicted molar refractivity (Wildman–Crippen MR) is 57.7 cm³/mol. The molecule has 0 radical (unpaired) electrons. The minimum absolute atomic E-state index is 0.306. The summed E-state index contributed by atoms with van der Waals surface area (Å²) < 4.78 is 39.2. The van der Waals surface area contributed by atoms with Crippen molar-refractivity contribution in [2.45, 2.75) is 19.5 Å². The fourth-order valence-corrected chi connectivity index (χ4v) is 1.83. The molecule has 3 nitrogen and oxygen atoms in total. The van der Waals surface area contributed by atoms with Crippen LogP contribution in [0.15, 0.2) is 18.3 Å². The molecule has 0 unspecified atom stereocenters. The van der Waals surface area contributed by atoms with E-state index in [-0.39, 0.29) is 0 Å². The molecule has 0 atom stereocenters. The highest BCUT2D eigenvalue weighted by Crippen LogP contribution is 2.30. The van der Waals surface area contributed by atoms with Crippen molar-refractivity contribution in [3.63, 3.8) is 0 Å². The van der Waals surface area contributed by atoms with Crippen LogP contribution in [0.5, 0.6) is 0 Å². The summed E-state index contributed by atoms with van der Waals surface area (Å²) in [5.74, 6) is 0. The first kappa shape index (κ1) is 11.9. The maximum atomic E-state index is 12.5. The van der Waals surface area contributed by atoms with Crippen LogP contribution in [-0.2, 0) is 12.6 Å². The monoisotopic (exact) mass is 243 g/mol. The Kier molecular flexibility index (Phi) is 2.82. The molecule has 92 valence electrons. The van der Waals surface area contributed by atoms with Crippen molar-refractivity contribution in [3.8, 4) is 0 Å². The van der Waals surface area contributed by atoms with Gasteiger partial charge in [0.25, 0.3) is 0 Å². The molecule has 0 aliphatic carbocycles. The average molecular weight is 243 g/mol. The van der Waals surface area contributed by atoms with Crippen molar-refractivity contribution in [2.24, 2.45) is 5.73 Å². The summed E-state index contributed by atoms with van der Waals surface area (Å²) in [6.45, 7) is 2.21. The van der Waals surface area contributed by atoms with Gasteiger partial charge in [0, 0.05) is 18.3 Å². The Morgan fingerprint density at radius 2 is 2.12 bits per heavy atom. The summed E-state index contributed by atoms with van der Waals surface area (Å²) in [4.78, 5) is 4.11. The van der Waals surface area contributed by atoms with Crippen LogP contribution in [-0.4, -0.2) is 15.9 Å². The highest BCUT2D eigenvalue weighted by molar-refractivity contribution is 5.46. The molecule has 6 heteroatoms. The number of alkyl halides is 3. The number of fused-ring (bicyclic) bond motifs is 1. The zero-order chi connectivity index (χ0) is 12.6. The summed E-state index contributed by atoms with van der Waals surface area (Å²) >= 11 is 0. The first-order chi connectivity index (χ1) is 7.93. The van der Waals surface area contributed by atoms with Gasteiger partial charge in [-0.3, -0.25) is 0 Å². The Balaban J connectivity index is 2.58. The van der Waals surface area contributed by atoms with Gasteiger partial charge in [0.2, 0.25) is 0 Å². The normalized spacial score (nSPS) is 12.3. The summed E-state index contributed by atoms with van der Waals surface area (Å²) in [6, 6.07) is 2.10. The summed E-state index contributed by atoms with van der Waals surface area (Å²) in [7, 11) is 0. The van der Waals surface area contributed by atoms with Crippen molar-refractivity contribution in [2.75, 3.05) is 6.54 Å². The lowest BCUT2D eigenvalue weighted by atomic mass is 10.2. The zero-order valence-corrected chi connectivity index (χ0v) is 9.25. The van der Waals surface area contributed by atoms with Crippen LogP contribution in [0.25, 0.3) is 5.65 Å². The molecular formula is C11H12F3N3. The number of hydrogen-bond acceptors (Lipinski definition) is 2. The molecule has 0 aliphatic rings. The minimum Gasteiger partial charge on any atom is -0.330 e. The Labute approximate surface area is 96.1 Å². The fraction of sp³-hybridized carbons (Fsp3) is 0.364. The molecule has 0 amide bonds. The van der Waals surface area contributed by atoms with Crippen molar-refractivity contribution in [3.05, 3.63) is 35.3 Å². The number of nitrogens with two attached hydrogens (primary N) is 1. The molecular weight excluding hydrogens is 231 g/mol. The van der Waals surface area contributed by atoms with E-state index in [1.807, 2.05) is 0 Å². The Morgan fingerprint density at radius 1 is 1.41 bits per heavy atom. The van der Waals surface area contributed by atoms with E-state index in [1.165, 1.54) is 6.20 Å². The summed E-state index contributed by atoms with van der Waals surface area (Å²) in [6.07, 6.45) is -2.35. The van der Waals surface area contributed by atoms with Gasteiger partial charge in [0.1, 0.15) is 5.65 Å². The molecule has 17 heavy (non-hydrogen) atoms. The Morgan fingerprint density at radius 3 is 2.71 bits per heavy atom. The number of halogens is 3. The van der Waals surface area contributed by atoms with E-state index in [0.717, 1.165) is 23.5 Å². The quantitative estimate of drug-likeness (QED) is 0.878. The standard InChI is InChI=1S/C11H12F3N3/c1-7-9(2-4-15)17-5-3-8(11(12,13)14)6-10(17)16-7/h3,5-6H,2,4,15H2,1H3. The molecule has 0 bridgehead atoms. The van der Waals surface area contributed by atoms with E-state index in [4.69, 9.17) is 5.73 Å². The molecule has 0 fully saturated rings. The van der Waals surface area contributed by atoms with Crippen LogP contribution in [0.2, 0.25) is 0 Å². The van der Waals surface area contributed by atoms with Gasteiger partial charge in [-0.2, -0.15) is 13.2 Å². The van der Waals surface area contributed by atoms with Gasteiger partial charge in [0.05, 0.1) is 11.3 Å². The minimum atomic E-state index is -4.34. The predicted octanol–water partition coefficient (Wildman–Crippen LogP) is 2.16. The van der Waals surface area contributed by atoms with Crippen LogP contribution in [0.4, 0.5) is 13.2 Å². The highest BCUT2D eigenvalue weighted by atomic mass is 19.4. The first-order valence-corrected chi connectivity index (χ1v) is 5.18. The lowest BCUT2D eigenvalue weighted by Gasteiger charge is -2.07. The number of aryl methyl sites for hydroxylation is 1. The number of hydrogen-bond donors (Lipinski definition) is 1. The van der Waals surface area contributed by atoms with Gasteiger partial charge in [0.15, 0.2) is 0 Å². The van der Waals surface area contributed by atoms with Crippen LogP contribution in [0, 0.1) is 6.92 Å². The fourth-order valence-electron chi connectivity index (χ4n) is 1.83. The molecule has 0 aromatic carbocycles. The lowest BCUT2D eigenvalue weighted by Crippen LogP contribution is -2.08. The third-order valence-corrected chi connectivity index (χ3v) is 2.63. The molecule has 0 spiro atoms. The van der Waals surface area contributed by atoms with E-state index in [0.29, 0.717) is 18.6 Å². The number of aromatic nitrogens is 2. The van der Waals surface area contributed by atoms with Gasteiger partial charge in [-0.15, -0.1) is 0 Å². The maximum Gasteiger partial charge on any atom is 0.416 e. The van der Waals surface area contributed by atoms with Crippen LogP contribution < -0.4 is 5.73 Å². The maximum absolute atomic E-state index is 12.5. The van der Waals surface area contributed by atoms with E-state index in [2.05, 4.69) is 4.98 Å². The second-order valence-corrected chi connectivity index (χ2v) is 3.82. The van der Waals surface area contributed by atoms with Gasteiger partial charge in [-0.1, -0.05) is 0 Å². The second kappa shape index (κ2) is 4.03. The molecule has 2 aromatic heterocycles. The van der Waals surface area contributed by atoms with Gasteiger partial charge >= 0.3 is 6.18 Å². The van der Waals surface area contributed by atoms with Gasteiger partial charge in [-0.25, -0.2) is 4.98 Å². The Bertz CT molecular complexity index is 543. The van der Waals surface area contributed by atoms with Crippen molar-refractivity contribution >= 4 is 5.65 Å². The largest absolute Gasteiger partial charge is 0.416 e. The summed E-state index contributed by atoms with van der Waals surface area (Å²) in [5, 5.41) is 0. The molecule has 0 saturated carbocycles. The van der Waals surface area contributed by atoms with Crippen LogP contribution in [0.3, 0.4) is 0 Å². The molecule has 2 heterocycles. The number of pyridine rings is 1. The molecule has 2 rings (SSSR count). The third-order valence-electron chi connectivity index (χ3n) is 2.63. The molecule has 2 N–H and O–H groups in total. The first-order valence-electron chi connectivity index (χ1n) is 5.18. The van der Waals surface area contributed by atoms with Crippen LogP contribution >= 0.6 is 0 Å². The number of nitrogens with zero attached hydrogens (tertiary/aromatic N) is 2. The topological polar surface area (TPSA) is 43.3 Å². The van der Waals surface area contributed by atoms with E-state index in [9.17, 15) is 13.2 Å². The molecule has 0 saturated heterocycles. The number of rotatable bonds is 2. The highest BCUT2D eigenvalue weighted by Gasteiger charge is 2.31. The second-order valence-electron chi connectivity index (χ2n) is 3.82. The SMILES string of the molecule is Cc1nc2cc(C(F)(F)F)ccn2c1CCN. The van der Waals surface area contributed by atoms with Crippen molar-refractivity contribution in [1.82, 2.24) is 9.38 Å². The van der Waals surface area contributed by atoms with Gasteiger partial charge in [-0.05, 0) is 25.6 Å². The average Bonchev–Trinajstić information content (AvgIpc) is 2.54. The molecule has 0 aliphatic heterocycles. The third kappa shape index (κ3) is 2.12. The zero-order valence-electron chi connectivity index (χ0n) is 9.25. The van der Waals surface area contributed by atoms with Crippen molar-refractivity contribution in [1.29, 1.82) is 0 Å². The Hall–Kier alpha value is -1.56. The number of imidazole rings is 1. The smallest absolute Gasteiger partial charge is 0.330 e.